The smallest absolute Gasteiger partial charge is 0.432 e. The molecule has 25 heavy (non-hydrogen) atoms. The van der Waals surface area contributed by atoms with Gasteiger partial charge in [-0.25, -0.2) is 0 Å². The summed E-state index contributed by atoms with van der Waals surface area (Å²) in [4.78, 5) is 24.0. The molecule has 0 radical (unpaired) electrons. The molecule has 3 aliphatic carbocycles. The third-order valence-electron chi connectivity index (χ3n) is 5.43. The quantitative estimate of drug-likeness (QED) is 0.445. The summed E-state index contributed by atoms with van der Waals surface area (Å²) in [5.74, 6) is -4.75. The zero-order chi connectivity index (χ0) is 18.9. The Bertz CT molecular complexity index is 715. The van der Waals surface area contributed by atoms with Gasteiger partial charge in [-0.3, -0.25) is 14.1 Å². The lowest BCUT2D eigenvalue weighted by atomic mass is 9.80. The molecule has 3 rings (SSSR count). The first-order valence-corrected chi connectivity index (χ1v) is 8.84. The maximum atomic E-state index is 13.5. The van der Waals surface area contributed by atoms with Gasteiger partial charge in [0.25, 0.3) is 6.10 Å². The molecule has 0 heterocycles. The monoisotopic (exact) mass is 392 g/mol. The summed E-state index contributed by atoms with van der Waals surface area (Å²) in [6.07, 6.45) is -9.26. The molecule has 6 atom stereocenters. The molecule has 6 unspecified atom stereocenters. The summed E-state index contributed by atoms with van der Waals surface area (Å²) < 4.78 is 99.0. The zero-order valence-electron chi connectivity index (χ0n) is 12.4. The number of ether oxygens (including phenoxy) is 1. The van der Waals surface area contributed by atoms with Gasteiger partial charge in [0.05, 0.1) is 5.92 Å². The highest BCUT2D eigenvalue weighted by atomic mass is 32.2. The van der Waals surface area contributed by atoms with E-state index >= 15 is 0 Å². The van der Waals surface area contributed by atoms with Crippen LogP contribution in [0.5, 0.6) is 0 Å². The van der Waals surface area contributed by atoms with Crippen molar-refractivity contribution in [2.75, 3.05) is 0 Å². The van der Waals surface area contributed by atoms with Gasteiger partial charge in [-0.05, 0) is 30.6 Å². The standard InChI is InChI=1S/C13H13F5O6S/c14-12(15,16)11(13(17,18)25(21,22)23)24-10(20)8-5-1-4-3-7(19)9(8)6(4)2-5/h4-6,8-9,11H,1-3H2,(H,21,22,23). The number of hydrogen-bond donors (Lipinski definition) is 1. The van der Waals surface area contributed by atoms with Crippen LogP contribution in [0.25, 0.3) is 0 Å². The second-order valence-corrected chi connectivity index (χ2v) is 8.27. The number of alkyl halides is 5. The second-order valence-electron chi connectivity index (χ2n) is 6.77. The third-order valence-corrected chi connectivity index (χ3v) is 6.33. The molecule has 3 saturated carbocycles. The molecule has 6 nitrogen and oxygen atoms in total. The number of Topliss-reactive ketones (excluding diaryl/α,β-unsaturated/α-hetero) is 1. The summed E-state index contributed by atoms with van der Waals surface area (Å²) in [5, 5.41) is -5.76. The Hall–Kier alpha value is -1.30. The van der Waals surface area contributed by atoms with Crippen molar-refractivity contribution in [2.45, 2.75) is 36.8 Å². The largest absolute Gasteiger partial charge is 0.444 e. The number of hydrogen-bond acceptors (Lipinski definition) is 5. The van der Waals surface area contributed by atoms with Crippen LogP contribution in [0, 0.1) is 29.6 Å². The van der Waals surface area contributed by atoms with E-state index in [-0.39, 0.29) is 24.0 Å². The van der Waals surface area contributed by atoms with Gasteiger partial charge in [-0.15, -0.1) is 0 Å². The lowest BCUT2D eigenvalue weighted by molar-refractivity contribution is -0.261. The van der Waals surface area contributed by atoms with E-state index < -0.39 is 51.4 Å². The summed E-state index contributed by atoms with van der Waals surface area (Å²) in [6, 6.07) is 0. The molecule has 0 saturated heterocycles. The van der Waals surface area contributed by atoms with E-state index in [4.69, 9.17) is 4.55 Å². The number of carbonyl (C=O) groups is 2. The minimum Gasteiger partial charge on any atom is -0.444 e. The predicted molar refractivity (Wildman–Crippen MR) is 68.7 cm³/mol. The predicted octanol–water partition coefficient (Wildman–Crippen LogP) is 1.80. The molecule has 1 N–H and O–H groups in total. The first-order chi connectivity index (χ1) is 11.2. The Morgan fingerprint density at radius 3 is 2.28 bits per heavy atom. The number of rotatable bonds is 4. The Labute approximate surface area is 138 Å². The summed E-state index contributed by atoms with van der Waals surface area (Å²) in [7, 11) is -6.48. The van der Waals surface area contributed by atoms with E-state index in [1.165, 1.54) is 0 Å². The van der Waals surface area contributed by atoms with Gasteiger partial charge >= 0.3 is 27.5 Å². The fraction of sp³-hybridized carbons (Fsp3) is 0.846. The second kappa shape index (κ2) is 5.35. The highest BCUT2D eigenvalue weighted by molar-refractivity contribution is 7.86. The van der Waals surface area contributed by atoms with Crippen molar-refractivity contribution in [3.05, 3.63) is 0 Å². The summed E-state index contributed by atoms with van der Waals surface area (Å²) in [5.41, 5.74) is 0. The van der Waals surface area contributed by atoms with Crippen molar-refractivity contribution < 1.29 is 49.2 Å². The number of halogens is 5. The lowest BCUT2D eigenvalue weighted by Crippen LogP contribution is -2.53. The van der Waals surface area contributed by atoms with Crippen LogP contribution in [0.2, 0.25) is 0 Å². The van der Waals surface area contributed by atoms with Crippen molar-refractivity contribution in [2.24, 2.45) is 29.6 Å². The SMILES string of the molecule is O=C(OC(C(F)(F)F)C(F)(F)S(=O)(=O)O)C1C2CC3CC(=O)C1C3C2. The molecule has 0 amide bonds. The zero-order valence-corrected chi connectivity index (χ0v) is 13.2. The van der Waals surface area contributed by atoms with Gasteiger partial charge in [-0.2, -0.15) is 30.4 Å². The normalized spacial score (nSPS) is 35.9. The fourth-order valence-corrected chi connectivity index (χ4v) is 5.01. The van der Waals surface area contributed by atoms with Gasteiger partial charge in [0.2, 0.25) is 0 Å². The van der Waals surface area contributed by atoms with Crippen LogP contribution in [0.4, 0.5) is 22.0 Å². The van der Waals surface area contributed by atoms with E-state index in [0.29, 0.717) is 12.8 Å². The van der Waals surface area contributed by atoms with Gasteiger partial charge in [0.15, 0.2) is 0 Å². The lowest BCUT2D eigenvalue weighted by Gasteiger charge is -2.30. The molecular formula is C13H13F5O6S. The molecular weight excluding hydrogens is 379 g/mol. The third kappa shape index (κ3) is 2.73. The van der Waals surface area contributed by atoms with Gasteiger partial charge in [-0.1, -0.05) is 0 Å². The Kier molecular flexibility index (Phi) is 3.96. The summed E-state index contributed by atoms with van der Waals surface area (Å²) >= 11 is 0. The highest BCUT2D eigenvalue weighted by Gasteiger charge is 2.68. The Morgan fingerprint density at radius 1 is 1.16 bits per heavy atom. The number of esters is 1. The van der Waals surface area contributed by atoms with Crippen LogP contribution in [0.15, 0.2) is 0 Å². The van der Waals surface area contributed by atoms with E-state index in [0.717, 1.165) is 0 Å². The van der Waals surface area contributed by atoms with Gasteiger partial charge in [0.1, 0.15) is 5.78 Å². The van der Waals surface area contributed by atoms with Gasteiger partial charge < -0.3 is 4.74 Å². The fourth-order valence-electron chi connectivity index (χ4n) is 4.56. The maximum absolute atomic E-state index is 13.5. The topological polar surface area (TPSA) is 97.7 Å². The molecule has 0 aromatic heterocycles. The van der Waals surface area contributed by atoms with Crippen molar-refractivity contribution in [3.8, 4) is 0 Å². The van der Waals surface area contributed by atoms with E-state index in [1.807, 2.05) is 0 Å². The first kappa shape index (κ1) is 18.5. The van der Waals surface area contributed by atoms with Crippen LogP contribution in [0.3, 0.4) is 0 Å². The first-order valence-electron chi connectivity index (χ1n) is 7.40. The van der Waals surface area contributed by atoms with Crippen LogP contribution >= 0.6 is 0 Å². The molecule has 0 spiro atoms. The molecule has 0 aromatic carbocycles. The molecule has 2 bridgehead atoms. The van der Waals surface area contributed by atoms with Crippen molar-refractivity contribution in [1.82, 2.24) is 0 Å². The maximum Gasteiger partial charge on any atom is 0.432 e. The molecule has 3 fully saturated rings. The number of ketones is 1. The minimum absolute atomic E-state index is 0.0456. The van der Waals surface area contributed by atoms with E-state index in [1.54, 1.807) is 0 Å². The number of carbonyl (C=O) groups excluding carboxylic acids is 2. The molecule has 142 valence electrons. The highest BCUT2D eigenvalue weighted by Crippen LogP contribution is 2.61. The molecule has 3 aliphatic rings. The Morgan fingerprint density at radius 2 is 1.76 bits per heavy atom. The van der Waals surface area contributed by atoms with Crippen LogP contribution in [-0.2, 0) is 24.4 Å². The average molecular weight is 392 g/mol. The van der Waals surface area contributed by atoms with Crippen molar-refractivity contribution in [3.63, 3.8) is 0 Å². The van der Waals surface area contributed by atoms with Crippen molar-refractivity contribution in [1.29, 1.82) is 0 Å². The minimum atomic E-state index is -6.48. The molecule has 12 heteroatoms. The summed E-state index contributed by atoms with van der Waals surface area (Å²) in [6.45, 7) is 0. The molecule has 0 aromatic rings. The average Bonchev–Trinajstić information content (AvgIpc) is 3.02. The molecule has 0 aliphatic heterocycles. The Balaban J connectivity index is 1.86. The van der Waals surface area contributed by atoms with Crippen LogP contribution < -0.4 is 0 Å². The van der Waals surface area contributed by atoms with Crippen LogP contribution in [0.1, 0.15) is 19.3 Å². The van der Waals surface area contributed by atoms with Gasteiger partial charge in [0, 0.05) is 12.3 Å². The van der Waals surface area contributed by atoms with Crippen LogP contribution in [-0.4, -0.2) is 42.3 Å². The van der Waals surface area contributed by atoms with E-state index in [2.05, 4.69) is 4.74 Å². The van der Waals surface area contributed by atoms with E-state index in [9.17, 15) is 40.0 Å². The van der Waals surface area contributed by atoms with Crippen molar-refractivity contribution >= 4 is 21.9 Å². The number of fused-ring (bicyclic) bond motifs is 1.